The van der Waals surface area contributed by atoms with Gasteiger partial charge >= 0.3 is 0 Å². The average molecular weight is 374 g/mol. The molecule has 0 aliphatic carbocycles. The lowest BCUT2D eigenvalue weighted by atomic mass is 10.1. The van der Waals surface area contributed by atoms with Crippen molar-refractivity contribution in [2.24, 2.45) is 0 Å². The van der Waals surface area contributed by atoms with Gasteiger partial charge in [-0.2, -0.15) is 5.10 Å². The van der Waals surface area contributed by atoms with E-state index in [9.17, 15) is 4.79 Å². The molecule has 3 nitrogen and oxygen atoms in total. The summed E-state index contributed by atoms with van der Waals surface area (Å²) in [4.78, 5) is 12.5. The summed E-state index contributed by atoms with van der Waals surface area (Å²) in [6.45, 7) is 0. The van der Waals surface area contributed by atoms with Gasteiger partial charge in [0.1, 0.15) is 5.69 Å². The highest BCUT2D eigenvalue weighted by Gasteiger charge is 2.15. The van der Waals surface area contributed by atoms with E-state index in [-0.39, 0.29) is 5.78 Å². The number of rotatable bonds is 3. The van der Waals surface area contributed by atoms with Crippen molar-refractivity contribution in [2.45, 2.75) is 0 Å². The Morgan fingerprint density at radius 2 is 1.65 bits per heavy atom. The van der Waals surface area contributed by atoms with Gasteiger partial charge in [0, 0.05) is 9.13 Å². The predicted molar refractivity (Wildman–Crippen MR) is 86.2 cm³/mol. The largest absolute Gasteiger partial charge is 0.287 e. The van der Waals surface area contributed by atoms with Crippen molar-refractivity contribution in [3.8, 4) is 5.69 Å². The molecule has 0 amide bonds. The van der Waals surface area contributed by atoms with E-state index < -0.39 is 0 Å². The van der Waals surface area contributed by atoms with E-state index in [0.717, 1.165) is 9.26 Å². The monoisotopic (exact) mass is 374 g/mol. The summed E-state index contributed by atoms with van der Waals surface area (Å²) in [7, 11) is 0. The van der Waals surface area contributed by atoms with E-state index in [1.165, 1.54) is 0 Å². The number of hydrogen-bond donors (Lipinski definition) is 0. The molecule has 98 valence electrons. The van der Waals surface area contributed by atoms with E-state index in [4.69, 9.17) is 0 Å². The van der Waals surface area contributed by atoms with Crippen LogP contribution >= 0.6 is 22.6 Å². The van der Waals surface area contributed by atoms with Crippen LogP contribution in [-0.2, 0) is 0 Å². The molecular weight excluding hydrogens is 363 g/mol. The minimum Gasteiger partial charge on any atom is -0.287 e. The van der Waals surface area contributed by atoms with Crippen LogP contribution in [0, 0.1) is 3.57 Å². The fourth-order valence-corrected chi connectivity index (χ4v) is 2.36. The number of nitrogens with zero attached hydrogens (tertiary/aromatic N) is 2. The minimum absolute atomic E-state index is 0.0252. The molecule has 1 aromatic heterocycles. The number of ketones is 1. The molecule has 0 saturated carbocycles. The van der Waals surface area contributed by atoms with Crippen molar-refractivity contribution >= 4 is 28.4 Å². The van der Waals surface area contributed by atoms with E-state index >= 15 is 0 Å². The molecule has 0 bridgehead atoms. The quantitative estimate of drug-likeness (QED) is 0.518. The van der Waals surface area contributed by atoms with Crippen LogP contribution in [0.1, 0.15) is 16.1 Å². The molecule has 0 fully saturated rings. The Morgan fingerprint density at radius 1 is 0.950 bits per heavy atom. The first-order valence-corrected chi connectivity index (χ1v) is 7.23. The highest BCUT2D eigenvalue weighted by atomic mass is 127. The molecule has 0 spiro atoms. The molecule has 4 heteroatoms. The Labute approximate surface area is 130 Å². The Bertz CT molecular complexity index is 733. The number of para-hydroxylation sites is 1. The van der Waals surface area contributed by atoms with Gasteiger partial charge in [0.05, 0.1) is 11.9 Å². The van der Waals surface area contributed by atoms with Crippen LogP contribution in [0.5, 0.6) is 0 Å². The minimum atomic E-state index is -0.0252. The number of hydrogen-bond acceptors (Lipinski definition) is 2. The van der Waals surface area contributed by atoms with Crippen LogP contribution in [0.15, 0.2) is 66.9 Å². The van der Waals surface area contributed by atoms with Crippen LogP contribution < -0.4 is 0 Å². The second-order valence-electron chi connectivity index (χ2n) is 4.30. The number of benzene rings is 2. The summed E-state index contributed by atoms with van der Waals surface area (Å²) in [5.41, 5.74) is 2.12. The first-order valence-electron chi connectivity index (χ1n) is 6.15. The zero-order chi connectivity index (χ0) is 13.9. The normalized spacial score (nSPS) is 10.4. The fourth-order valence-electron chi connectivity index (χ4n) is 2.00. The zero-order valence-corrected chi connectivity index (χ0v) is 12.7. The molecule has 0 saturated heterocycles. The number of carbonyl (C=O) groups excluding carboxylic acids is 1. The molecule has 0 aliphatic rings. The highest BCUT2D eigenvalue weighted by Crippen LogP contribution is 2.15. The van der Waals surface area contributed by atoms with Crippen LogP contribution in [0.25, 0.3) is 5.69 Å². The first-order chi connectivity index (χ1) is 9.75. The van der Waals surface area contributed by atoms with Gasteiger partial charge < -0.3 is 0 Å². The molecule has 0 atom stereocenters. The van der Waals surface area contributed by atoms with Gasteiger partial charge in [-0.05, 0) is 65.1 Å². The van der Waals surface area contributed by atoms with E-state index in [2.05, 4.69) is 27.7 Å². The maximum atomic E-state index is 12.5. The van der Waals surface area contributed by atoms with Crippen LogP contribution in [-0.4, -0.2) is 15.6 Å². The molecule has 2 aromatic carbocycles. The first kappa shape index (κ1) is 13.1. The van der Waals surface area contributed by atoms with E-state index in [0.29, 0.717) is 11.3 Å². The van der Waals surface area contributed by atoms with Gasteiger partial charge in [-0.15, -0.1) is 0 Å². The SMILES string of the molecule is O=C(c1ccc(I)cc1)c1ccnn1-c1ccccc1. The maximum absolute atomic E-state index is 12.5. The molecule has 20 heavy (non-hydrogen) atoms. The number of halogens is 1. The van der Waals surface area contributed by atoms with Crippen molar-refractivity contribution in [3.63, 3.8) is 0 Å². The summed E-state index contributed by atoms with van der Waals surface area (Å²) in [6.07, 6.45) is 1.65. The average Bonchev–Trinajstić information content (AvgIpc) is 2.97. The van der Waals surface area contributed by atoms with E-state index in [1.807, 2.05) is 54.6 Å². The lowest BCUT2D eigenvalue weighted by Gasteiger charge is -2.06. The van der Waals surface area contributed by atoms with Crippen molar-refractivity contribution in [1.29, 1.82) is 0 Å². The number of aromatic nitrogens is 2. The summed E-state index contributed by atoms with van der Waals surface area (Å²) in [5.74, 6) is -0.0252. The Hall–Kier alpha value is -1.95. The van der Waals surface area contributed by atoms with Gasteiger partial charge in [-0.25, -0.2) is 4.68 Å². The van der Waals surface area contributed by atoms with Crippen LogP contribution in [0.2, 0.25) is 0 Å². The molecular formula is C16H11IN2O. The zero-order valence-electron chi connectivity index (χ0n) is 10.5. The molecule has 0 aliphatic heterocycles. The molecule has 3 aromatic rings. The summed E-state index contributed by atoms with van der Waals surface area (Å²) in [5, 5.41) is 4.24. The third kappa shape index (κ3) is 2.51. The lowest BCUT2D eigenvalue weighted by molar-refractivity contribution is 0.103. The third-order valence-corrected chi connectivity index (χ3v) is 3.70. The van der Waals surface area contributed by atoms with Crippen molar-refractivity contribution < 1.29 is 4.79 Å². The molecule has 0 N–H and O–H groups in total. The van der Waals surface area contributed by atoms with Crippen LogP contribution in [0.4, 0.5) is 0 Å². The highest BCUT2D eigenvalue weighted by molar-refractivity contribution is 14.1. The predicted octanol–water partition coefficient (Wildman–Crippen LogP) is 3.71. The smallest absolute Gasteiger partial charge is 0.211 e. The second kappa shape index (κ2) is 5.58. The summed E-state index contributed by atoms with van der Waals surface area (Å²) < 4.78 is 2.77. The van der Waals surface area contributed by atoms with Gasteiger partial charge in [0.15, 0.2) is 0 Å². The topological polar surface area (TPSA) is 34.9 Å². The Kier molecular flexibility index (Phi) is 3.64. The van der Waals surface area contributed by atoms with Crippen molar-refractivity contribution in [3.05, 3.63) is 81.7 Å². The second-order valence-corrected chi connectivity index (χ2v) is 5.55. The van der Waals surface area contributed by atoms with Gasteiger partial charge in [-0.1, -0.05) is 18.2 Å². The van der Waals surface area contributed by atoms with Gasteiger partial charge in [0.25, 0.3) is 0 Å². The molecule has 1 heterocycles. The Balaban J connectivity index is 2.02. The third-order valence-electron chi connectivity index (χ3n) is 2.98. The van der Waals surface area contributed by atoms with E-state index in [1.54, 1.807) is 16.9 Å². The summed E-state index contributed by atoms with van der Waals surface area (Å²) >= 11 is 2.22. The Morgan fingerprint density at radius 3 is 2.35 bits per heavy atom. The van der Waals surface area contributed by atoms with Crippen molar-refractivity contribution in [2.75, 3.05) is 0 Å². The number of carbonyl (C=O) groups is 1. The maximum Gasteiger partial charge on any atom is 0.211 e. The fraction of sp³-hybridized carbons (Fsp3) is 0. The lowest BCUT2D eigenvalue weighted by Crippen LogP contribution is -2.09. The molecule has 0 unspecified atom stereocenters. The molecule has 3 rings (SSSR count). The van der Waals surface area contributed by atoms with Gasteiger partial charge in [0.2, 0.25) is 5.78 Å². The van der Waals surface area contributed by atoms with Crippen LogP contribution in [0.3, 0.4) is 0 Å². The summed E-state index contributed by atoms with van der Waals surface area (Å²) in [6, 6.07) is 18.9. The van der Waals surface area contributed by atoms with Gasteiger partial charge in [-0.3, -0.25) is 4.79 Å². The standard InChI is InChI=1S/C16H11IN2O/c17-13-8-6-12(7-9-13)16(20)15-10-11-18-19(15)14-4-2-1-3-5-14/h1-11H. The van der Waals surface area contributed by atoms with Crippen molar-refractivity contribution in [1.82, 2.24) is 9.78 Å². The molecule has 0 radical (unpaired) electrons.